The zero-order valence-electron chi connectivity index (χ0n) is 10.5. The summed E-state index contributed by atoms with van der Waals surface area (Å²) in [5.41, 5.74) is 0.817. The van der Waals surface area contributed by atoms with Gasteiger partial charge in [0.25, 0.3) is 0 Å². The van der Waals surface area contributed by atoms with E-state index in [1.807, 2.05) is 12.1 Å². The molecule has 2 aromatic carbocycles. The molecule has 1 nitrogen and oxygen atoms in total. The first-order chi connectivity index (χ1) is 9.72. The minimum absolute atomic E-state index is 0.475. The van der Waals surface area contributed by atoms with Crippen LogP contribution in [0.25, 0.3) is 10.8 Å². The lowest BCUT2D eigenvalue weighted by molar-refractivity contribution is 1.17. The lowest BCUT2D eigenvalue weighted by atomic mass is 10.1. The highest BCUT2D eigenvalue weighted by Gasteiger charge is 2.05. The first-order valence-corrected chi connectivity index (χ1v) is 7.89. The van der Waals surface area contributed by atoms with Crippen molar-refractivity contribution < 1.29 is 0 Å². The molecule has 3 aromatic rings. The predicted molar refractivity (Wildman–Crippen MR) is 87.8 cm³/mol. The summed E-state index contributed by atoms with van der Waals surface area (Å²) < 4.78 is 0. The second kappa shape index (κ2) is 6.04. The quantitative estimate of drug-likeness (QED) is 0.444. The molecule has 0 atom stereocenters. The van der Waals surface area contributed by atoms with Gasteiger partial charge in [0, 0.05) is 10.6 Å². The molecule has 0 spiro atoms. The van der Waals surface area contributed by atoms with E-state index >= 15 is 0 Å². The Morgan fingerprint density at radius 1 is 0.900 bits per heavy atom. The van der Waals surface area contributed by atoms with Gasteiger partial charge < -0.3 is 0 Å². The summed E-state index contributed by atoms with van der Waals surface area (Å²) in [6, 6.07) is 18.2. The number of benzene rings is 2. The topological polar surface area (TPSA) is 12.9 Å². The summed E-state index contributed by atoms with van der Waals surface area (Å²) in [7, 11) is 0. The standard InChI is InChI=1S/C16H11Cl2NS/c17-14-7-8-16(18)19-15(14)10-20-13-6-5-11-3-1-2-4-12(11)9-13/h1-9H,10H2. The lowest BCUT2D eigenvalue weighted by Gasteiger charge is -2.05. The van der Waals surface area contributed by atoms with Crippen LogP contribution in [0, 0.1) is 0 Å². The van der Waals surface area contributed by atoms with Crippen molar-refractivity contribution in [2.45, 2.75) is 10.6 Å². The van der Waals surface area contributed by atoms with E-state index in [4.69, 9.17) is 23.2 Å². The SMILES string of the molecule is Clc1ccc(Cl)c(CSc2ccc3ccccc3c2)n1. The molecule has 100 valence electrons. The highest BCUT2D eigenvalue weighted by atomic mass is 35.5. The first kappa shape index (κ1) is 13.7. The van der Waals surface area contributed by atoms with Crippen LogP contribution in [0.5, 0.6) is 0 Å². The van der Waals surface area contributed by atoms with Crippen LogP contribution in [0.2, 0.25) is 10.2 Å². The number of hydrogen-bond acceptors (Lipinski definition) is 2. The maximum absolute atomic E-state index is 6.12. The van der Waals surface area contributed by atoms with E-state index in [2.05, 4.69) is 35.3 Å². The van der Waals surface area contributed by atoms with E-state index in [9.17, 15) is 0 Å². The molecule has 3 rings (SSSR count). The maximum Gasteiger partial charge on any atom is 0.129 e. The van der Waals surface area contributed by atoms with Crippen molar-refractivity contribution in [1.82, 2.24) is 4.98 Å². The third kappa shape index (κ3) is 3.09. The van der Waals surface area contributed by atoms with Gasteiger partial charge in [-0.3, -0.25) is 0 Å². The molecule has 4 heteroatoms. The fraction of sp³-hybridized carbons (Fsp3) is 0.0625. The maximum atomic E-state index is 6.12. The Morgan fingerprint density at radius 2 is 1.70 bits per heavy atom. The van der Waals surface area contributed by atoms with Gasteiger partial charge in [0.1, 0.15) is 5.15 Å². The van der Waals surface area contributed by atoms with Crippen molar-refractivity contribution in [2.24, 2.45) is 0 Å². The van der Waals surface area contributed by atoms with Crippen molar-refractivity contribution in [1.29, 1.82) is 0 Å². The number of rotatable bonds is 3. The lowest BCUT2D eigenvalue weighted by Crippen LogP contribution is -1.89. The van der Waals surface area contributed by atoms with Crippen LogP contribution in [0.3, 0.4) is 0 Å². The number of hydrogen-bond donors (Lipinski definition) is 0. The number of nitrogens with zero attached hydrogens (tertiary/aromatic N) is 1. The van der Waals surface area contributed by atoms with E-state index in [-0.39, 0.29) is 0 Å². The van der Waals surface area contributed by atoms with Crippen molar-refractivity contribution in [2.75, 3.05) is 0 Å². The molecule has 0 radical (unpaired) electrons. The van der Waals surface area contributed by atoms with Gasteiger partial charge in [-0.25, -0.2) is 4.98 Å². The summed E-state index contributed by atoms with van der Waals surface area (Å²) in [5.74, 6) is 0.706. The Bertz CT molecular complexity index is 758. The van der Waals surface area contributed by atoms with Crippen molar-refractivity contribution >= 4 is 45.7 Å². The van der Waals surface area contributed by atoms with Gasteiger partial charge in [0.05, 0.1) is 10.7 Å². The van der Waals surface area contributed by atoms with E-state index in [1.54, 1.807) is 23.9 Å². The molecule has 0 saturated heterocycles. The van der Waals surface area contributed by atoms with Crippen LogP contribution in [-0.4, -0.2) is 4.98 Å². The molecular weight excluding hydrogens is 309 g/mol. The molecule has 0 unspecified atom stereocenters. The van der Waals surface area contributed by atoms with E-state index in [0.29, 0.717) is 15.9 Å². The van der Waals surface area contributed by atoms with Crippen LogP contribution >= 0.6 is 35.0 Å². The van der Waals surface area contributed by atoms with Crippen LogP contribution in [0.1, 0.15) is 5.69 Å². The number of pyridine rings is 1. The average Bonchev–Trinajstić information content (AvgIpc) is 2.48. The minimum Gasteiger partial charge on any atom is -0.239 e. The van der Waals surface area contributed by atoms with E-state index in [1.165, 1.54) is 15.7 Å². The Balaban J connectivity index is 1.81. The third-order valence-electron chi connectivity index (χ3n) is 2.98. The number of thioether (sulfide) groups is 1. The molecule has 0 N–H and O–H groups in total. The Kier molecular flexibility index (Phi) is 4.16. The normalized spacial score (nSPS) is 10.9. The molecule has 0 aliphatic rings. The minimum atomic E-state index is 0.475. The Labute approximate surface area is 131 Å². The predicted octanol–water partition coefficient (Wildman–Crippen LogP) is 5.83. The smallest absolute Gasteiger partial charge is 0.129 e. The zero-order chi connectivity index (χ0) is 13.9. The van der Waals surface area contributed by atoms with E-state index < -0.39 is 0 Å². The molecule has 1 aromatic heterocycles. The summed E-state index contributed by atoms with van der Waals surface area (Å²) in [6.45, 7) is 0. The Hall–Kier alpha value is -1.22. The third-order valence-corrected chi connectivity index (χ3v) is 4.54. The van der Waals surface area contributed by atoms with Gasteiger partial charge >= 0.3 is 0 Å². The molecule has 1 heterocycles. The average molecular weight is 320 g/mol. The molecule has 0 saturated carbocycles. The highest BCUT2D eigenvalue weighted by Crippen LogP contribution is 2.28. The van der Waals surface area contributed by atoms with Crippen LogP contribution < -0.4 is 0 Å². The molecule has 0 bridgehead atoms. The van der Waals surface area contributed by atoms with E-state index in [0.717, 1.165) is 5.69 Å². The molecule has 0 aliphatic carbocycles. The molecular formula is C16H11Cl2NS. The van der Waals surface area contributed by atoms with Crippen molar-refractivity contribution in [3.63, 3.8) is 0 Å². The fourth-order valence-corrected chi connectivity index (χ4v) is 3.28. The summed E-state index contributed by atoms with van der Waals surface area (Å²) in [6.07, 6.45) is 0. The Morgan fingerprint density at radius 3 is 2.55 bits per heavy atom. The first-order valence-electron chi connectivity index (χ1n) is 6.15. The summed E-state index contributed by atoms with van der Waals surface area (Å²) in [4.78, 5) is 5.46. The number of aromatic nitrogens is 1. The molecule has 0 fully saturated rings. The molecule has 20 heavy (non-hydrogen) atoms. The highest BCUT2D eigenvalue weighted by molar-refractivity contribution is 7.98. The fourth-order valence-electron chi connectivity index (χ4n) is 1.97. The van der Waals surface area contributed by atoms with Crippen molar-refractivity contribution in [3.05, 3.63) is 70.5 Å². The second-order valence-corrected chi connectivity index (χ2v) is 6.20. The van der Waals surface area contributed by atoms with Crippen LogP contribution in [-0.2, 0) is 5.75 Å². The van der Waals surface area contributed by atoms with Gasteiger partial charge in [-0.1, -0.05) is 53.5 Å². The second-order valence-electron chi connectivity index (χ2n) is 4.36. The largest absolute Gasteiger partial charge is 0.239 e. The van der Waals surface area contributed by atoms with Crippen LogP contribution in [0.15, 0.2) is 59.5 Å². The summed E-state index contributed by atoms with van der Waals surface area (Å²) >= 11 is 13.7. The molecule has 0 amide bonds. The van der Waals surface area contributed by atoms with Crippen LogP contribution in [0.4, 0.5) is 0 Å². The van der Waals surface area contributed by atoms with Crippen molar-refractivity contribution in [3.8, 4) is 0 Å². The monoisotopic (exact) mass is 319 g/mol. The van der Waals surface area contributed by atoms with Gasteiger partial charge in [0.2, 0.25) is 0 Å². The zero-order valence-corrected chi connectivity index (χ0v) is 12.8. The van der Waals surface area contributed by atoms with Gasteiger partial charge in [0.15, 0.2) is 0 Å². The van der Waals surface area contributed by atoms with Gasteiger partial charge in [-0.05, 0) is 35.0 Å². The van der Waals surface area contributed by atoms with Gasteiger partial charge in [-0.15, -0.1) is 11.8 Å². The van der Waals surface area contributed by atoms with Gasteiger partial charge in [-0.2, -0.15) is 0 Å². The molecule has 0 aliphatic heterocycles. The summed E-state index contributed by atoms with van der Waals surface area (Å²) in [5, 5.41) is 3.62. The number of halogens is 2. The number of fused-ring (bicyclic) bond motifs is 1.